The molecule has 90 heavy (non-hydrogen) atoms. The molecule has 0 bridgehead atoms. The molecular weight excluding hydrogens is 1150 g/mol. The molecule has 0 amide bonds. The second kappa shape index (κ2) is 25.4. The van der Waals surface area contributed by atoms with Gasteiger partial charge in [-0.25, -0.2) is 29.6 Å². The molecule has 25 heteroatoms. The van der Waals surface area contributed by atoms with Crippen LogP contribution in [0.25, 0.3) is 53.3 Å². The van der Waals surface area contributed by atoms with Crippen molar-refractivity contribution in [1.29, 1.82) is 0 Å². The first-order valence-corrected chi connectivity index (χ1v) is 28.0. The van der Waals surface area contributed by atoms with Gasteiger partial charge in [0, 0.05) is 56.7 Å². The van der Waals surface area contributed by atoms with Crippen molar-refractivity contribution in [3.63, 3.8) is 0 Å². The van der Waals surface area contributed by atoms with Crippen LogP contribution < -0.4 is 45.2 Å². The predicted octanol–water partition coefficient (Wildman–Crippen LogP) is 7.31. The topological polar surface area (TPSA) is 372 Å². The zero-order chi connectivity index (χ0) is 73.2. The Morgan fingerprint density at radius 2 is 0.767 bits per heavy atom. The first-order chi connectivity index (χ1) is 46.1. The van der Waals surface area contributed by atoms with Gasteiger partial charge in [-0.1, -0.05) is 12.2 Å². The second-order valence-corrected chi connectivity index (χ2v) is 22.1. The van der Waals surface area contributed by atoms with E-state index in [0.717, 1.165) is 16.7 Å². The maximum Gasteiger partial charge on any atom is 0.264 e. The first kappa shape index (κ1) is 52.2. The van der Waals surface area contributed by atoms with Crippen LogP contribution in [0.15, 0.2) is 79.9 Å². The molecular formula is C65H64N14O11. The highest BCUT2D eigenvalue weighted by molar-refractivity contribution is 6.05. The molecule has 4 heterocycles. The number of carbonyl (C=O) groups is 7. The van der Waals surface area contributed by atoms with Crippen molar-refractivity contribution in [2.75, 3.05) is 22.9 Å². The molecule has 4 atom stereocenters. The Balaban J connectivity index is 0.000000155. The van der Waals surface area contributed by atoms with Crippen LogP contribution in [0.4, 0.5) is 34.1 Å². The number of fused-ring (bicyclic) bond motifs is 4. The number of aromatic nitrogens is 8. The fraction of sp³-hybridized carbons (Fsp3) is 0.338. The number of nitrogens with two attached hydrogens (primary N) is 4. The number of ketones is 7. The molecule has 25 nitrogen and oxygen atoms in total. The third-order valence-electron chi connectivity index (χ3n) is 15.6. The van der Waals surface area contributed by atoms with E-state index in [0.29, 0.717) is 67.8 Å². The summed E-state index contributed by atoms with van der Waals surface area (Å²) in [6, 6.07) is 5.14. The zero-order valence-corrected chi connectivity index (χ0v) is 49.2. The van der Waals surface area contributed by atoms with Gasteiger partial charge in [0.2, 0.25) is 0 Å². The molecule has 8 aromatic rings. The van der Waals surface area contributed by atoms with E-state index in [-0.39, 0.29) is 129 Å². The summed E-state index contributed by atoms with van der Waals surface area (Å²) in [5, 5.41) is 0.254. The van der Waals surface area contributed by atoms with E-state index in [4.69, 9.17) is 48.4 Å². The van der Waals surface area contributed by atoms with E-state index in [1.165, 1.54) is 33.4 Å². The summed E-state index contributed by atoms with van der Waals surface area (Å²) >= 11 is 0. The number of allylic oxidation sites excluding steroid dienone is 1. The van der Waals surface area contributed by atoms with Gasteiger partial charge in [0.25, 0.3) is 22.2 Å². The highest BCUT2D eigenvalue weighted by Crippen LogP contribution is 2.33. The van der Waals surface area contributed by atoms with E-state index in [9.17, 15) is 52.7 Å². The number of carbonyl (C=O) groups excluding carboxylic acids is 7. The van der Waals surface area contributed by atoms with Crippen LogP contribution in [-0.4, -0.2) is 78.7 Å². The summed E-state index contributed by atoms with van der Waals surface area (Å²) in [7, 11) is 0. The van der Waals surface area contributed by atoms with E-state index in [2.05, 4.69) is 36.2 Å². The lowest BCUT2D eigenvalue weighted by Crippen LogP contribution is -2.36. The maximum atomic E-state index is 13.1. The average Bonchev–Trinajstić information content (AvgIpc) is 0.742. The van der Waals surface area contributed by atoms with E-state index in [1.807, 2.05) is 13.8 Å². The van der Waals surface area contributed by atoms with Crippen molar-refractivity contribution < 1.29 is 45.9 Å². The van der Waals surface area contributed by atoms with Crippen LogP contribution in [-0.2, 0) is 33.6 Å². The molecule has 460 valence electrons. The summed E-state index contributed by atoms with van der Waals surface area (Å²) < 4.78 is 75.6. The van der Waals surface area contributed by atoms with Crippen molar-refractivity contribution in [3.05, 3.63) is 159 Å². The summed E-state index contributed by atoms with van der Waals surface area (Å²) in [6.45, 7) is 19.2. The predicted molar refractivity (Wildman–Crippen MR) is 338 cm³/mol. The molecule has 4 saturated carbocycles. The van der Waals surface area contributed by atoms with Crippen LogP contribution in [0.2, 0.25) is 0 Å². The van der Waals surface area contributed by atoms with Crippen LogP contribution in [0, 0.1) is 54.5 Å². The van der Waals surface area contributed by atoms with Gasteiger partial charge >= 0.3 is 0 Å². The molecule has 4 aliphatic carbocycles. The monoisotopic (exact) mass is 1230 g/mol. The lowest BCUT2D eigenvalue weighted by atomic mass is 9.90. The van der Waals surface area contributed by atoms with Gasteiger partial charge in [0.1, 0.15) is 40.6 Å². The Kier molecular flexibility index (Phi) is 14.7. The Morgan fingerprint density at radius 1 is 0.444 bits per heavy atom. The average molecular weight is 1230 g/mol. The quantitative estimate of drug-likeness (QED) is 0.0580. The first-order valence-electron chi connectivity index (χ1n) is 32.5. The van der Waals surface area contributed by atoms with E-state index < -0.39 is 90.5 Å². The number of nitrogen functional groups attached to an aromatic ring is 4. The lowest BCUT2D eigenvalue weighted by molar-refractivity contribution is -0.133. The number of hydrogen-bond donors (Lipinski definition) is 4. The summed E-state index contributed by atoms with van der Waals surface area (Å²) in [6.07, 6.45) is -0.607. The Bertz CT molecular complexity index is 5100. The van der Waals surface area contributed by atoms with Crippen LogP contribution in [0.3, 0.4) is 0 Å². The minimum atomic E-state index is -2.91. The van der Waals surface area contributed by atoms with Crippen molar-refractivity contribution >= 4 is 118 Å². The third-order valence-corrected chi connectivity index (χ3v) is 15.6. The van der Waals surface area contributed by atoms with Gasteiger partial charge in [-0.05, 0) is 133 Å². The van der Waals surface area contributed by atoms with Gasteiger partial charge in [-0.15, -0.1) is 0 Å². The van der Waals surface area contributed by atoms with E-state index in [1.54, 1.807) is 38.1 Å². The minimum absolute atomic E-state index is 0.0704. The Morgan fingerprint density at radius 3 is 1.14 bits per heavy atom. The maximum absolute atomic E-state index is 13.1. The summed E-state index contributed by atoms with van der Waals surface area (Å²) in [5.41, 5.74) is 25.1. The number of Topliss-reactive ketones (excluding diaryl/α,β-unsaturated/α-hetero) is 7. The third kappa shape index (κ3) is 12.5. The highest BCUT2D eigenvalue weighted by Gasteiger charge is 2.35. The number of rotatable bonds is 4. The number of benzene rings is 4. The van der Waals surface area contributed by atoms with Gasteiger partial charge in [0.15, 0.2) is 34.5 Å². The van der Waals surface area contributed by atoms with Crippen LogP contribution in [0.1, 0.15) is 148 Å². The molecule has 12 rings (SSSR count). The SMILES string of the molecule is Cc1cc(N)c2c(=O)n(C3CCC(=O)CC3=O)c(C)nc2c1.[2H]C([2H])([2H])c1nc2cc([N+]#[C-])cc(N)c2c(=O)n1C1([2H])CCC(=O)CC1=O.[2H]C([2H])([2H])c1nc2cc([N+]#[C-])cc(N)c2c(=O)n1[C@@]1([2H])CCC(=O)CC1=O.[2H]C1(n2c(C)nc3cc(C)cc(N)c3c2=O)CCC(=C)CC1=O. The summed E-state index contributed by atoms with van der Waals surface area (Å²) in [5.74, 6) is -3.80. The summed E-state index contributed by atoms with van der Waals surface area (Å²) in [4.78, 5) is 159. The number of hydrogen-bond acceptors (Lipinski definition) is 19. The highest BCUT2D eigenvalue weighted by atomic mass is 16.2. The number of anilines is 4. The molecule has 3 unspecified atom stereocenters. The van der Waals surface area contributed by atoms with Crippen molar-refractivity contribution in [1.82, 2.24) is 38.2 Å². The molecule has 4 aliphatic rings. The van der Waals surface area contributed by atoms with Crippen LogP contribution in [0.5, 0.6) is 0 Å². The van der Waals surface area contributed by atoms with Gasteiger partial charge in [-0.3, -0.25) is 71.0 Å². The van der Waals surface area contributed by atoms with Crippen molar-refractivity contribution in [2.24, 2.45) is 0 Å². The fourth-order valence-corrected chi connectivity index (χ4v) is 11.4. The number of aryl methyl sites for hydroxylation is 6. The van der Waals surface area contributed by atoms with Crippen molar-refractivity contribution in [3.8, 4) is 0 Å². The van der Waals surface area contributed by atoms with E-state index >= 15 is 0 Å². The molecule has 8 N–H and O–H groups in total. The molecule has 0 spiro atoms. The Labute approximate surface area is 525 Å². The fourth-order valence-electron chi connectivity index (χ4n) is 11.4. The standard InChI is InChI=1S/C17H19N3O2.2C16H14N4O3.C16H17N3O3/c1-9-4-5-14(15(21)8-9)20-11(3)19-13-7-10(2)6-12(18)16(13)17(20)22;2*1-8-19-12-6-9(18-2)5-11(17)15(12)16(23)20(8)13-4-3-10(21)7-14(13)22;1-8-5-11(17)15-12(6-8)18-9(2)19(16(15)22)13-4-3-10(20)7-14(13)21/h6-7,14H,1,4-5,8,18H2,2-3H3;2*5-6,13H,3-4,7,17H2,1H3;5-6,13H,3-4,7,17H2,1-2H3/t;13-;;/m.0../s1/i14D;2*1D3,13D;. The van der Waals surface area contributed by atoms with Gasteiger partial charge in [-0.2, -0.15) is 0 Å². The number of nitrogens with zero attached hydrogens (tertiary/aromatic N) is 10. The van der Waals surface area contributed by atoms with Crippen molar-refractivity contribution in [2.45, 2.75) is 143 Å². The van der Waals surface area contributed by atoms with Gasteiger partial charge in [0.05, 0.1) is 104 Å². The zero-order valence-electron chi connectivity index (χ0n) is 58.2. The molecule has 0 aliphatic heterocycles. The molecule has 4 aromatic carbocycles. The largest absolute Gasteiger partial charge is 0.399 e. The molecule has 0 radical (unpaired) electrons. The second-order valence-electron chi connectivity index (χ2n) is 22.1. The molecule has 0 saturated heterocycles. The van der Waals surface area contributed by atoms with Crippen LogP contribution >= 0.6 is 0 Å². The lowest BCUT2D eigenvalue weighted by Gasteiger charge is -2.25. The van der Waals surface area contributed by atoms with Gasteiger partial charge < -0.3 is 22.9 Å². The smallest absolute Gasteiger partial charge is 0.264 e. The molecule has 4 aromatic heterocycles. The Hall–Kier alpha value is -11.0. The molecule has 4 fully saturated rings. The minimum Gasteiger partial charge on any atom is -0.399 e. The normalized spacial score (nSPS) is 22.7.